The molecule has 2 aromatic carbocycles. The van der Waals surface area contributed by atoms with E-state index in [0.717, 1.165) is 11.1 Å². The number of nitrogens with one attached hydrogen (secondary N) is 1. The summed E-state index contributed by atoms with van der Waals surface area (Å²) in [5, 5.41) is 0. The summed E-state index contributed by atoms with van der Waals surface area (Å²) in [5.74, 6) is -0.150. The lowest BCUT2D eigenvalue weighted by molar-refractivity contribution is -0.137. The number of thiocarbonyl (C=S) groups is 1. The van der Waals surface area contributed by atoms with Crippen molar-refractivity contribution in [3.8, 4) is 0 Å². The number of carbonyl (C=O) groups excluding carboxylic acids is 1. The normalized spacial score (nSPS) is 16.9. The number of nitrogens with zero attached hydrogens (tertiary/aromatic N) is 1. The van der Waals surface area contributed by atoms with Gasteiger partial charge in [0.25, 0.3) is 5.91 Å². The molecule has 2 atom stereocenters. The topological polar surface area (TPSA) is 75.7 Å². The molecule has 0 bridgehead atoms. The molecule has 1 aliphatic carbocycles. The lowest BCUT2D eigenvalue weighted by Crippen LogP contribution is -2.44. The number of rotatable bonds is 8. The second-order valence-corrected chi connectivity index (χ2v) is 9.88. The molecule has 0 fully saturated rings. The molecule has 0 aromatic heterocycles. The van der Waals surface area contributed by atoms with Gasteiger partial charge in [-0.25, -0.2) is 13.1 Å². The molecule has 0 heterocycles. The lowest BCUT2D eigenvalue weighted by atomic mass is 9.91. The van der Waals surface area contributed by atoms with Crippen LogP contribution in [-0.2, 0) is 19.6 Å². The fourth-order valence-corrected chi connectivity index (χ4v) is 4.57. The smallest absolute Gasteiger partial charge is 0.264 e. The summed E-state index contributed by atoms with van der Waals surface area (Å²) >= 11 is 5.64. The number of allylic oxidation sites excluding steroid dienone is 4. The molecule has 168 valence electrons. The molecule has 3 rings (SSSR count). The largest absolute Gasteiger partial charge is 0.478 e. The van der Waals surface area contributed by atoms with E-state index in [2.05, 4.69) is 4.72 Å². The van der Waals surface area contributed by atoms with Gasteiger partial charge in [0.2, 0.25) is 10.0 Å². The van der Waals surface area contributed by atoms with Crippen LogP contribution in [-0.4, -0.2) is 50.8 Å². The second-order valence-electron chi connectivity index (χ2n) is 7.67. The fourth-order valence-electron chi connectivity index (χ4n) is 3.20. The Morgan fingerprint density at radius 2 is 1.78 bits per heavy atom. The molecule has 1 N–H and O–H groups in total. The van der Waals surface area contributed by atoms with Gasteiger partial charge in [-0.15, -0.1) is 0 Å². The Hall–Kier alpha value is -2.81. The van der Waals surface area contributed by atoms with Gasteiger partial charge in [-0.1, -0.05) is 72.4 Å². The van der Waals surface area contributed by atoms with E-state index in [1.807, 2.05) is 49.4 Å². The Balaban J connectivity index is 1.77. The van der Waals surface area contributed by atoms with Crippen LogP contribution in [0.1, 0.15) is 17.0 Å². The molecule has 0 saturated carbocycles. The fraction of sp³-hybridized carbons (Fsp3) is 0.250. The van der Waals surface area contributed by atoms with E-state index in [9.17, 15) is 13.2 Å². The minimum absolute atomic E-state index is 0.124. The highest BCUT2D eigenvalue weighted by Crippen LogP contribution is 2.28. The maximum Gasteiger partial charge on any atom is 0.264 e. The van der Waals surface area contributed by atoms with Gasteiger partial charge in [0, 0.05) is 20.0 Å². The highest BCUT2D eigenvalue weighted by molar-refractivity contribution is 7.89. The van der Waals surface area contributed by atoms with Crippen LogP contribution in [0.2, 0.25) is 0 Å². The third-order valence-corrected chi connectivity index (χ3v) is 6.91. The molecule has 0 aliphatic heterocycles. The van der Waals surface area contributed by atoms with E-state index >= 15 is 0 Å². The number of hydrogen-bond acceptors (Lipinski definition) is 5. The monoisotopic (exact) mass is 470 g/mol. The van der Waals surface area contributed by atoms with Crippen molar-refractivity contribution in [1.29, 1.82) is 0 Å². The van der Waals surface area contributed by atoms with Crippen LogP contribution in [0.3, 0.4) is 0 Å². The van der Waals surface area contributed by atoms with Crippen molar-refractivity contribution in [2.45, 2.75) is 23.8 Å². The molecule has 32 heavy (non-hydrogen) atoms. The molecule has 6 nitrogen and oxygen atoms in total. The molecular weight excluding hydrogens is 444 g/mol. The van der Waals surface area contributed by atoms with Crippen LogP contribution in [0.15, 0.2) is 83.5 Å². The van der Waals surface area contributed by atoms with E-state index in [0.29, 0.717) is 10.6 Å². The summed E-state index contributed by atoms with van der Waals surface area (Å²) in [7, 11) is -0.625. The van der Waals surface area contributed by atoms with Crippen LogP contribution in [0.4, 0.5) is 0 Å². The predicted octanol–water partition coefficient (Wildman–Crippen LogP) is 3.35. The third-order valence-electron chi connectivity index (χ3n) is 5.01. The molecule has 0 radical (unpaired) electrons. The summed E-state index contributed by atoms with van der Waals surface area (Å²) in [6.45, 7) is 1.65. The zero-order valence-corrected chi connectivity index (χ0v) is 19.8. The van der Waals surface area contributed by atoms with Crippen molar-refractivity contribution in [2.75, 3.05) is 20.6 Å². The Bertz CT molecular complexity index is 1140. The molecule has 1 amide bonds. The van der Waals surface area contributed by atoms with Gasteiger partial charge < -0.3 is 9.64 Å². The zero-order chi connectivity index (χ0) is 23.3. The minimum atomic E-state index is -3.81. The van der Waals surface area contributed by atoms with Crippen LogP contribution in [0.5, 0.6) is 0 Å². The van der Waals surface area contributed by atoms with Crippen molar-refractivity contribution in [2.24, 2.45) is 0 Å². The first-order valence-corrected chi connectivity index (χ1v) is 12.0. The molecule has 2 aromatic rings. The third kappa shape index (κ3) is 5.70. The van der Waals surface area contributed by atoms with E-state index in [4.69, 9.17) is 17.0 Å². The number of hydrogen-bond donors (Lipinski definition) is 1. The zero-order valence-electron chi connectivity index (χ0n) is 18.2. The van der Waals surface area contributed by atoms with Crippen molar-refractivity contribution in [3.05, 3.63) is 89.7 Å². The molecule has 8 heteroatoms. The highest BCUT2D eigenvalue weighted by atomic mass is 32.2. The van der Waals surface area contributed by atoms with E-state index in [-0.39, 0.29) is 23.3 Å². The van der Waals surface area contributed by atoms with Crippen LogP contribution in [0, 0.1) is 6.92 Å². The van der Waals surface area contributed by atoms with Crippen LogP contribution < -0.4 is 4.72 Å². The van der Waals surface area contributed by atoms with Gasteiger partial charge in [-0.2, -0.15) is 0 Å². The summed E-state index contributed by atoms with van der Waals surface area (Å²) < 4.78 is 33.9. The summed E-state index contributed by atoms with van der Waals surface area (Å²) in [6, 6.07) is 16.2. The SMILES string of the molecule is Cc1ccc(S(=O)(=O)NC[C@@H](OC2=CC=C[C@@H](c3ccccc3)C2=S)C(=O)N(C)C)cc1. The number of ether oxygens (including phenoxy) is 1. The summed E-state index contributed by atoms with van der Waals surface area (Å²) in [5.41, 5.74) is 1.96. The van der Waals surface area contributed by atoms with Gasteiger partial charge in [0.05, 0.1) is 16.3 Å². The Morgan fingerprint density at radius 3 is 2.41 bits per heavy atom. The van der Waals surface area contributed by atoms with Crippen molar-refractivity contribution in [1.82, 2.24) is 9.62 Å². The average Bonchev–Trinajstić information content (AvgIpc) is 2.78. The first-order valence-electron chi connectivity index (χ1n) is 10.1. The minimum Gasteiger partial charge on any atom is -0.478 e. The van der Waals surface area contributed by atoms with E-state index < -0.39 is 16.1 Å². The van der Waals surface area contributed by atoms with Gasteiger partial charge in [-0.05, 0) is 30.7 Å². The van der Waals surface area contributed by atoms with Crippen molar-refractivity contribution >= 4 is 33.0 Å². The van der Waals surface area contributed by atoms with Gasteiger partial charge >= 0.3 is 0 Å². The number of amides is 1. The van der Waals surface area contributed by atoms with Gasteiger partial charge in [0.15, 0.2) is 6.10 Å². The van der Waals surface area contributed by atoms with Crippen molar-refractivity contribution in [3.63, 3.8) is 0 Å². The molecule has 0 saturated heterocycles. The number of benzene rings is 2. The average molecular weight is 471 g/mol. The first-order chi connectivity index (χ1) is 15.2. The standard InChI is InChI=1S/C24H26N2O4S2/c1-17-12-14-19(15-13-17)32(28,29)25-16-22(24(27)26(2)3)30-21-11-7-10-20(23(21)31)18-8-5-4-6-9-18/h4-15,20,22,25H,16H2,1-3H3/t20-,22+/m0/s1. The van der Waals surface area contributed by atoms with Crippen molar-refractivity contribution < 1.29 is 17.9 Å². The number of likely N-dealkylation sites (N-methyl/N-ethyl adjacent to an activating group) is 1. The summed E-state index contributed by atoms with van der Waals surface area (Å²) in [6.07, 6.45) is 4.42. The van der Waals surface area contributed by atoms with Crippen LogP contribution in [0.25, 0.3) is 0 Å². The quantitative estimate of drug-likeness (QED) is 0.599. The maximum absolute atomic E-state index is 12.8. The Morgan fingerprint density at radius 1 is 1.12 bits per heavy atom. The number of sulfonamides is 1. The molecular formula is C24H26N2O4S2. The van der Waals surface area contributed by atoms with E-state index in [1.165, 1.54) is 17.0 Å². The first kappa shape index (κ1) is 23.8. The number of carbonyl (C=O) groups is 1. The summed E-state index contributed by atoms with van der Waals surface area (Å²) in [4.78, 5) is 14.8. The second kappa shape index (κ2) is 10.2. The maximum atomic E-state index is 12.8. The molecule has 0 spiro atoms. The molecule has 1 aliphatic rings. The van der Waals surface area contributed by atoms with Gasteiger partial charge in [-0.3, -0.25) is 4.79 Å². The van der Waals surface area contributed by atoms with Crippen LogP contribution >= 0.6 is 12.2 Å². The lowest BCUT2D eigenvalue weighted by Gasteiger charge is -2.26. The Labute approximate surface area is 194 Å². The van der Waals surface area contributed by atoms with E-state index in [1.54, 1.807) is 32.3 Å². The number of aryl methyl sites for hydroxylation is 1. The predicted molar refractivity (Wildman–Crippen MR) is 129 cm³/mol. The Kier molecular flexibility index (Phi) is 7.60. The van der Waals surface area contributed by atoms with Gasteiger partial charge in [0.1, 0.15) is 5.76 Å². The highest BCUT2D eigenvalue weighted by Gasteiger charge is 2.29. The molecule has 0 unspecified atom stereocenters.